The molecule has 0 aliphatic heterocycles. The van der Waals surface area contributed by atoms with Gasteiger partial charge in [0, 0.05) is 43.6 Å². The van der Waals surface area contributed by atoms with Crippen molar-refractivity contribution in [2.75, 3.05) is 14.1 Å². The van der Waals surface area contributed by atoms with E-state index in [4.69, 9.17) is 9.47 Å². The van der Waals surface area contributed by atoms with Gasteiger partial charge in [0.15, 0.2) is 11.5 Å². The number of rotatable bonds is 6. The van der Waals surface area contributed by atoms with Gasteiger partial charge in [0.25, 0.3) is 11.5 Å². The van der Waals surface area contributed by atoms with E-state index in [1.54, 1.807) is 25.1 Å². The molecule has 9 heteroatoms. The fourth-order valence-corrected chi connectivity index (χ4v) is 2.69. The number of benzene rings is 1. The van der Waals surface area contributed by atoms with E-state index in [-0.39, 0.29) is 23.1 Å². The highest BCUT2D eigenvalue weighted by Gasteiger charge is 2.17. The van der Waals surface area contributed by atoms with E-state index < -0.39 is 11.7 Å². The number of aromatic amines is 1. The second kappa shape index (κ2) is 8.95. The van der Waals surface area contributed by atoms with Crippen LogP contribution < -0.4 is 15.0 Å². The van der Waals surface area contributed by atoms with Gasteiger partial charge in [-0.15, -0.1) is 0 Å². The van der Waals surface area contributed by atoms with Crippen LogP contribution >= 0.6 is 0 Å². The monoisotopic (exact) mass is 426 g/mol. The average Bonchev–Trinajstić information content (AvgIpc) is 2.69. The summed E-state index contributed by atoms with van der Waals surface area (Å²) in [5.74, 6) is -0.0943. The molecule has 3 rings (SSSR count). The lowest BCUT2D eigenvalue weighted by Crippen LogP contribution is -2.23. The third-order valence-corrected chi connectivity index (χ3v) is 4.16. The number of aryl methyl sites for hydroxylation is 1. The molecular formula is C22H23FN4O4. The fourth-order valence-electron chi connectivity index (χ4n) is 2.69. The highest BCUT2D eigenvalue weighted by Crippen LogP contribution is 2.31. The van der Waals surface area contributed by atoms with Crippen LogP contribution in [-0.2, 0) is 0 Å². The van der Waals surface area contributed by atoms with Crippen molar-refractivity contribution in [2.45, 2.75) is 26.9 Å². The molecule has 0 saturated carbocycles. The molecule has 3 aromatic rings. The van der Waals surface area contributed by atoms with Crippen LogP contribution in [0.3, 0.4) is 0 Å². The lowest BCUT2D eigenvalue weighted by Gasteiger charge is -2.14. The lowest BCUT2D eigenvalue weighted by molar-refractivity contribution is 0.0817. The highest BCUT2D eigenvalue weighted by atomic mass is 19.1. The van der Waals surface area contributed by atoms with Gasteiger partial charge in [-0.3, -0.25) is 9.59 Å². The van der Waals surface area contributed by atoms with E-state index in [1.165, 1.54) is 31.4 Å². The number of H-pyrrole nitrogens is 1. The van der Waals surface area contributed by atoms with Gasteiger partial charge in [0.2, 0.25) is 0 Å². The summed E-state index contributed by atoms with van der Waals surface area (Å²) in [4.78, 5) is 36.0. The van der Waals surface area contributed by atoms with E-state index in [1.807, 2.05) is 13.8 Å². The SMILES string of the molecule is Cc1cnc(-c2cc(Oc3cnc(C(=O)N(C)C)c(F)c3)cc(OC(C)C)c2)[nH]c1=O. The average molecular weight is 426 g/mol. The molecule has 2 aromatic heterocycles. The predicted molar refractivity (Wildman–Crippen MR) is 113 cm³/mol. The van der Waals surface area contributed by atoms with Gasteiger partial charge in [-0.25, -0.2) is 14.4 Å². The zero-order valence-electron chi connectivity index (χ0n) is 17.9. The lowest BCUT2D eigenvalue weighted by atomic mass is 10.1. The Hall–Kier alpha value is -3.75. The number of amides is 1. The molecule has 0 fully saturated rings. The summed E-state index contributed by atoms with van der Waals surface area (Å²) >= 11 is 0. The summed E-state index contributed by atoms with van der Waals surface area (Å²) in [5, 5.41) is 0. The molecule has 0 bridgehead atoms. The standard InChI is InChI=1S/C22H23FN4O4/c1-12(2)30-15-6-14(20-25-10-13(3)21(28)26-20)7-16(8-15)31-17-9-18(23)19(24-11-17)22(29)27(4)5/h6-12H,1-5H3,(H,25,26,28). The van der Waals surface area contributed by atoms with E-state index in [2.05, 4.69) is 15.0 Å². The molecular weight excluding hydrogens is 403 g/mol. The molecule has 0 aliphatic rings. The molecule has 1 amide bonds. The number of nitrogens with zero attached hydrogens (tertiary/aromatic N) is 3. The Kier molecular flexibility index (Phi) is 6.33. The maximum absolute atomic E-state index is 14.4. The van der Waals surface area contributed by atoms with Crippen LogP contribution in [0.15, 0.2) is 41.5 Å². The Morgan fingerprint density at radius 1 is 1.06 bits per heavy atom. The number of ether oxygens (including phenoxy) is 2. The van der Waals surface area contributed by atoms with Crippen molar-refractivity contribution in [3.63, 3.8) is 0 Å². The van der Waals surface area contributed by atoms with Crippen LogP contribution in [0.25, 0.3) is 11.4 Å². The van der Waals surface area contributed by atoms with E-state index in [9.17, 15) is 14.0 Å². The number of nitrogens with one attached hydrogen (secondary N) is 1. The van der Waals surface area contributed by atoms with E-state index in [0.29, 0.717) is 28.5 Å². The first-order valence-corrected chi connectivity index (χ1v) is 9.57. The minimum Gasteiger partial charge on any atom is -0.491 e. The first-order chi connectivity index (χ1) is 14.6. The number of carbonyl (C=O) groups excluding carboxylic acids is 1. The molecule has 162 valence electrons. The molecule has 1 aromatic carbocycles. The molecule has 0 atom stereocenters. The van der Waals surface area contributed by atoms with Crippen molar-refractivity contribution in [3.8, 4) is 28.6 Å². The molecule has 31 heavy (non-hydrogen) atoms. The Labute approximate surface area is 178 Å². The number of hydrogen-bond acceptors (Lipinski definition) is 6. The smallest absolute Gasteiger partial charge is 0.274 e. The van der Waals surface area contributed by atoms with Gasteiger partial charge < -0.3 is 19.4 Å². The molecule has 0 aliphatic carbocycles. The predicted octanol–water partition coefficient (Wildman–Crippen LogP) is 3.56. The second-order valence-corrected chi connectivity index (χ2v) is 7.41. The Morgan fingerprint density at radius 2 is 1.77 bits per heavy atom. The van der Waals surface area contributed by atoms with Gasteiger partial charge >= 0.3 is 0 Å². The van der Waals surface area contributed by atoms with Crippen molar-refractivity contribution in [2.24, 2.45) is 0 Å². The number of hydrogen-bond donors (Lipinski definition) is 1. The first-order valence-electron chi connectivity index (χ1n) is 9.57. The van der Waals surface area contributed by atoms with Gasteiger partial charge in [0.05, 0.1) is 12.3 Å². The van der Waals surface area contributed by atoms with E-state index in [0.717, 1.165) is 6.07 Å². The third kappa shape index (κ3) is 5.25. The topological polar surface area (TPSA) is 97.4 Å². The first kappa shape index (κ1) is 21.9. The van der Waals surface area contributed by atoms with E-state index >= 15 is 0 Å². The molecule has 1 N–H and O–H groups in total. The van der Waals surface area contributed by atoms with Crippen molar-refractivity contribution in [1.29, 1.82) is 0 Å². The normalized spacial score (nSPS) is 10.8. The zero-order valence-corrected chi connectivity index (χ0v) is 17.9. The second-order valence-electron chi connectivity index (χ2n) is 7.41. The summed E-state index contributed by atoms with van der Waals surface area (Å²) in [6.07, 6.45) is 2.63. The molecule has 2 heterocycles. The number of carbonyl (C=O) groups is 1. The van der Waals surface area contributed by atoms with Crippen LogP contribution in [0.2, 0.25) is 0 Å². The van der Waals surface area contributed by atoms with Crippen molar-refractivity contribution in [1.82, 2.24) is 19.9 Å². The van der Waals surface area contributed by atoms with Crippen molar-refractivity contribution < 1.29 is 18.7 Å². The maximum Gasteiger partial charge on any atom is 0.274 e. The molecule has 0 unspecified atom stereocenters. The van der Waals surface area contributed by atoms with Crippen molar-refractivity contribution in [3.05, 3.63) is 64.1 Å². The molecule has 0 radical (unpaired) electrons. The number of halogens is 1. The van der Waals surface area contributed by atoms with Crippen LogP contribution in [0.5, 0.6) is 17.2 Å². The summed E-state index contributed by atoms with van der Waals surface area (Å²) in [5.41, 5.74) is 0.494. The van der Waals surface area contributed by atoms with Crippen molar-refractivity contribution >= 4 is 5.91 Å². The van der Waals surface area contributed by atoms with Gasteiger partial charge in [0.1, 0.15) is 23.1 Å². The Morgan fingerprint density at radius 3 is 2.39 bits per heavy atom. The summed E-state index contributed by atoms with van der Waals surface area (Å²) in [6.45, 7) is 5.41. The molecule has 0 saturated heterocycles. The molecule has 8 nitrogen and oxygen atoms in total. The number of pyridine rings is 1. The Balaban J connectivity index is 1.98. The van der Waals surface area contributed by atoms with Crippen LogP contribution in [0, 0.1) is 12.7 Å². The minimum absolute atomic E-state index is 0.103. The Bertz CT molecular complexity index is 1170. The summed E-state index contributed by atoms with van der Waals surface area (Å²) < 4.78 is 25.9. The third-order valence-electron chi connectivity index (χ3n) is 4.16. The number of aromatic nitrogens is 3. The van der Waals surface area contributed by atoms with Crippen LogP contribution in [0.4, 0.5) is 4.39 Å². The quantitative estimate of drug-likeness (QED) is 0.647. The molecule has 0 spiro atoms. The van der Waals surface area contributed by atoms with Crippen LogP contribution in [-0.4, -0.2) is 46.0 Å². The van der Waals surface area contributed by atoms with Gasteiger partial charge in [-0.2, -0.15) is 0 Å². The van der Waals surface area contributed by atoms with Gasteiger partial charge in [-0.05, 0) is 32.9 Å². The summed E-state index contributed by atoms with van der Waals surface area (Å²) in [7, 11) is 3.03. The largest absolute Gasteiger partial charge is 0.491 e. The highest BCUT2D eigenvalue weighted by molar-refractivity contribution is 5.92. The van der Waals surface area contributed by atoms with Gasteiger partial charge in [-0.1, -0.05) is 0 Å². The summed E-state index contributed by atoms with van der Waals surface area (Å²) in [6, 6.07) is 6.08. The fraction of sp³-hybridized carbons (Fsp3) is 0.273. The zero-order chi connectivity index (χ0) is 22.7. The minimum atomic E-state index is -0.796. The maximum atomic E-state index is 14.4. The van der Waals surface area contributed by atoms with Crippen LogP contribution in [0.1, 0.15) is 29.9 Å².